The van der Waals surface area contributed by atoms with Crippen molar-refractivity contribution >= 4 is 5.91 Å². The first-order chi connectivity index (χ1) is 18.3. The second kappa shape index (κ2) is 15.1. The zero-order valence-corrected chi connectivity index (χ0v) is 23.5. The van der Waals surface area contributed by atoms with Gasteiger partial charge in [-0.05, 0) is 81.3 Å². The molecule has 0 aliphatic rings. The first kappa shape index (κ1) is 33.5. The summed E-state index contributed by atoms with van der Waals surface area (Å²) in [6.07, 6.45) is -1.50. The van der Waals surface area contributed by atoms with Crippen LogP contribution in [0.5, 0.6) is 11.5 Å². The summed E-state index contributed by atoms with van der Waals surface area (Å²) in [4.78, 5) is 14.7. The quantitative estimate of drug-likeness (QED) is 0.207. The molecule has 2 rings (SSSR count). The summed E-state index contributed by atoms with van der Waals surface area (Å²) in [7, 11) is 4.21. The van der Waals surface area contributed by atoms with Crippen molar-refractivity contribution in [1.82, 2.24) is 10.2 Å². The van der Waals surface area contributed by atoms with Crippen LogP contribution in [-0.4, -0.2) is 49.3 Å². The fourth-order valence-corrected chi connectivity index (χ4v) is 3.52. The Morgan fingerprint density at radius 2 is 1.67 bits per heavy atom. The number of amides is 1. The zero-order chi connectivity index (χ0) is 29.8. The molecule has 0 unspecified atom stereocenters. The van der Waals surface area contributed by atoms with Crippen LogP contribution in [0.3, 0.4) is 0 Å². The van der Waals surface area contributed by atoms with Crippen LogP contribution in [0.4, 0.5) is 13.2 Å². The van der Waals surface area contributed by atoms with Crippen LogP contribution in [0.15, 0.2) is 79.1 Å². The minimum atomic E-state index is -4.49. The molecule has 0 aromatic heterocycles. The van der Waals surface area contributed by atoms with Gasteiger partial charge in [0.1, 0.15) is 17.3 Å². The number of hydrogen-bond donors (Lipinski definition) is 2. The summed E-state index contributed by atoms with van der Waals surface area (Å²) in [6.45, 7) is 14.2. The van der Waals surface area contributed by atoms with E-state index in [1.807, 2.05) is 32.9 Å². The van der Waals surface area contributed by atoms with Gasteiger partial charge in [-0.2, -0.15) is 13.2 Å². The number of nitrogens with zero attached hydrogens (tertiary/aromatic N) is 1. The van der Waals surface area contributed by atoms with E-state index in [9.17, 15) is 18.0 Å². The smallest absolute Gasteiger partial charge is 0.416 e. The Hall–Kier alpha value is -3.56. The standard InChI is InChI=1S/C29H35F3N2O3.CH4O/c1-8-24(27(35)34(6)19-20-10-13-23(36-7)14-11-20)25(9-2)37-26-15-12-22(29(30,31)32)18-21(26)16-17-33-28(3,4)5;1-2/h8-15,18,33H,1-2,16-17,19H2,3-7H3;2H,1H3/b25-24-;. The lowest BCUT2D eigenvalue weighted by Gasteiger charge is -2.22. The Balaban J connectivity index is 0.00000371. The van der Waals surface area contributed by atoms with E-state index in [0.717, 1.165) is 24.8 Å². The molecule has 0 fully saturated rings. The summed E-state index contributed by atoms with van der Waals surface area (Å²) in [5.74, 6) is 0.648. The van der Waals surface area contributed by atoms with Crippen LogP contribution in [0.25, 0.3) is 0 Å². The van der Waals surface area contributed by atoms with Crippen LogP contribution in [0.1, 0.15) is 37.5 Å². The predicted octanol–water partition coefficient (Wildman–Crippen LogP) is 5.92. The fraction of sp³-hybridized carbons (Fsp3) is 0.367. The lowest BCUT2D eigenvalue weighted by Crippen LogP contribution is -2.37. The van der Waals surface area contributed by atoms with Crippen LogP contribution in [0, 0.1) is 0 Å². The molecular weight excluding hydrogens is 509 g/mol. The highest BCUT2D eigenvalue weighted by Crippen LogP contribution is 2.34. The summed E-state index contributed by atoms with van der Waals surface area (Å²) in [5.41, 5.74) is 0.413. The number of benzene rings is 2. The summed E-state index contributed by atoms with van der Waals surface area (Å²) < 4.78 is 51.3. The number of hydrogen-bond acceptors (Lipinski definition) is 5. The lowest BCUT2D eigenvalue weighted by atomic mass is 10.0. The number of carbonyl (C=O) groups is 1. The van der Waals surface area contributed by atoms with Gasteiger partial charge in [-0.25, -0.2) is 0 Å². The first-order valence-corrected chi connectivity index (χ1v) is 12.2. The first-order valence-electron chi connectivity index (χ1n) is 12.2. The Bertz CT molecular complexity index is 1130. The van der Waals surface area contributed by atoms with Crippen molar-refractivity contribution in [2.45, 2.75) is 45.5 Å². The zero-order valence-electron chi connectivity index (χ0n) is 23.5. The van der Waals surface area contributed by atoms with Gasteiger partial charge in [0.25, 0.3) is 5.91 Å². The summed E-state index contributed by atoms with van der Waals surface area (Å²) >= 11 is 0. The molecule has 0 saturated heterocycles. The number of allylic oxidation sites excluding steroid dienone is 1. The molecule has 2 N–H and O–H groups in total. The highest BCUT2D eigenvalue weighted by atomic mass is 19.4. The van der Waals surface area contributed by atoms with Gasteiger partial charge in [-0.3, -0.25) is 4.79 Å². The third-order valence-electron chi connectivity index (χ3n) is 5.47. The highest BCUT2D eigenvalue weighted by Gasteiger charge is 2.31. The number of methoxy groups -OCH3 is 1. The van der Waals surface area contributed by atoms with Gasteiger partial charge in [0, 0.05) is 26.2 Å². The van der Waals surface area contributed by atoms with Gasteiger partial charge in [-0.1, -0.05) is 31.4 Å². The molecule has 0 saturated carbocycles. The maximum absolute atomic E-state index is 13.4. The van der Waals surface area contributed by atoms with Gasteiger partial charge in [0.05, 0.1) is 18.2 Å². The summed E-state index contributed by atoms with van der Waals surface area (Å²) in [6, 6.07) is 10.6. The van der Waals surface area contributed by atoms with Crippen molar-refractivity contribution in [1.29, 1.82) is 0 Å². The number of rotatable bonds is 11. The number of alkyl halides is 3. The van der Waals surface area contributed by atoms with Gasteiger partial charge in [0.2, 0.25) is 0 Å². The van der Waals surface area contributed by atoms with E-state index in [1.54, 1.807) is 26.3 Å². The molecule has 214 valence electrons. The molecular formula is C30H39F3N2O4. The molecule has 6 nitrogen and oxygen atoms in total. The molecule has 1 amide bonds. The molecule has 2 aromatic rings. The monoisotopic (exact) mass is 548 g/mol. The summed E-state index contributed by atoms with van der Waals surface area (Å²) in [5, 5.41) is 10.3. The Morgan fingerprint density at radius 1 is 1.05 bits per heavy atom. The van der Waals surface area contributed by atoms with Gasteiger partial charge >= 0.3 is 6.18 Å². The van der Waals surface area contributed by atoms with E-state index < -0.39 is 11.7 Å². The highest BCUT2D eigenvalue weighted by molar-refractivity contribution is 5.96. The van der Waals surface area contributed by atoms with Crippen LogP contribution >= 0.6 is 0 Å². The molecule has 0 aliphatic carbocycles. The van der Waals surface area contributed by atoms with Crippen molar-refractivity contribution in [2.75, 3.05) is 27.8 Å². The van der Waals surface area contributed by atoms with Gasteiger partial charge < -0.3 is 24.8 Å². The number of halogens is 3. The van der Waals surface area contributed by atoms with Crippen molar-refractivity contribution in [3.8, 4) is 11.5 Å². The van der Waals surface area contributed by atoms with E-state index in [2.05, 4.69) is 18.5 Å². The van der Waals surface area contributed by atoms with E-state index in [4.69, 9.17) is 14.6 Å². The SMILES string of the molecule is C=C/C(Oc1ccc(C(F)(F)F)cc1CCNC(C)(C)C)=C(\C=C)C(=O)N(C)Cc1ccc(OC)cc1.CO. The molecule has 0 aliphatic heterocycles. The van der Waals surface area contributed by atoms with E-state index in [1.165, 1.54) is 23.1 Å². The molecule has 39 heavy (non-hydrogen) atoms. The third-order valence-corrected chi connectivity index (χ3v) is 5.47. The number of carbonyl (C=O) groups excluding carboxylic acids is 1. The van der Waals surface area contributed by atoms with Crippen LogP contribution in [0.2, 0.25) is 0 Å². The Kier molecular flexibility index (Phi) is 13.0. The van der Waals surface area contributed by atoms with Gasteiger partial charge in [-0.15, -0.1) is 0 Å². The van der Waals surface area contributed by atoms with Crippen molar-refractivity contribution < 1.29 is 32.5 Å². The van der Waals surface area contributed by atoms with Crippen LogP contribution in [-0.2, 0) is 23.9 Å². The number of aliphatic hydroxyl groups excluding tert-OH is 1. The molecule has 0 heterocycles. The van der Waals surface area contributed by atoms with Crippen molar-refractivity contribution in [2.24, 2.45) is 0 Å². The fourth-order valence-electron chi connectivity index (χ4n) is 3.52. The maximum Gasteiger partial charge on any atom is 0.416 e. The normalized spacial score (nSPS) is 11.9. The van der Waals surface area contributed by atoms with E-state index in [-0.39, 0.29) is 34.9 Å². The minimum Gasteiger partial charge on any atom is -0.497 e. The van der Waals surface area contributed by atoms with E-state index >= 15 is 0 Å². The topological polar surface area (TPSA) is 71.0 Å². The largest absolute Gasteiger partial charge is 0.497 e. The number of likely N-dealkylation sites (N-methyl/N-ethyl adjacent to an activating group) is 1. The Labute approximate surface area is 229 Å². The number of aliphatic hydroxyl groups is 1. The number of ether oxygens (including phenoxy) is 2. The average molecular weight is 549 g/mol. The molecule has 0 radical (unpaired) electrons. The second-order valence-corrected chi connectivity index (χ2v) is 9.54. The predicted molar refractivity (Wildman–Crippen MR) is 149 cm³/mol. The van der Waals surface area contributed by atoms with Gasteiger partial charge in [0.15, 0.2) is 0 Å². The average Bonchev–Trinajstić information content (AvgIpc) is 2.89. The van der Waals surface area contributed by atoms with E-state index in [0.29, 0.717) is 24.4 Å². The molecule has 0 atom stereocenters. The molecule has 9 heteroatoms. The van der Waals surface area contributed by atoms with Crippen molar-refractivity contribution in [3.63, 3.8) is 0 Å². The lowest BCUT2D eigenvalue weighted by molar-refractivity contribution is -0.137. The van der Waals surface area contributed by atoms with Crippen molar-refractivity contribution in [3.05, 3.63) is 95.8 Å². The third kappa shape index (κ3) is 10.6. The molecule has 0 spiro atoms. The Morgan fingerprint density at radius 3 is 2.15 bits per heavy atom. The minimum absolute atomic E-state index is 0.103. The molecule has 2 aromatic carbocycles. The number of nitrogens with one attached hydrogen (secondary N) is 1. The second-order valence-electron chi connectivity index (χ2n) is 9.54. The van der Waals surface area contributed by atoms with Crippen LogP contribution < -0.4 is 14.8 Å². The molecule has 0 bridgehead atoms. The maximum atomic E-state index is 13.4.